The Morgan fingerprint density at radius 2 is 1.88 bits per heavy atom. The predicted molar refractivity (Wildman–Crippen MR) is 96.9 cm³/mol. The summed E-state index contributed by atoms with van der Waals surface area (Å²) >= 11 is 0. The van der Waals surface area contributed by atoms with Gasteiger partial charge in [-0.1, -0.05) is 13.8 Å². The van der Waals surface area contributed by atoms with Gasteiger partial charge in [0.1, 0.15) is 5.75 Å². The molecule has 0 saturated carbocycles. The lowest BCUT2D eigenvalue weighted by Crippen LogP contribution is -2.28. The number of carbonyl (C=O) groups is 1. The summed E-state index contributed by atoms with van der Waals surface area (Å²) in [7, 11) is 0. The van der Waals surface area contributed by atoms with Crippen LogP contribution in [0.25, 0.3) is 0 Å². The first-order valence-corrected chi connectivity index (χ1v) is 8.60. The van der Waals surface area contributed by atoms with Crippen LogP contribution in [0.4, 0.5) is 5.69 Å². The van der Waals surface area contributed by atoms with Crippen LogP contribution in [0.2, 0.25) is 0 Å². The van der Waals surface area contributed by atoms with Crippen LogP contribution >= 0.6 is 0 Å². The quantitative estimate of drug-likeness (QED) is 0.281. The zero-order chi connectivity index (χ0) is 19.2. The Morgan fingerprint density at radius 3 is 2.44 bits per heavy atom. The second-order valence-corrected chi connectivity index (χ2v) is 7.49. The number of nitro groups is 1. The Bertz CT molecular complexity index is 622. The van der Waals surface area contributed by atoms with Crippen LogP contribution in [0.5, 0.6) is 5.75 Å². The summed E-state index contributed by atoms with van der Waals surface area (Å²) < 4.78 is 11.1. The molecular formula is C19H29NO5. The minimum Gasteiger partial charge on any atom is -0.493 e. The van der Waals surface area contributed by atoms with E-state index >= 15 is 0 Å². The SMILES string of the molecule is Cc1cc([N+](=O)[O-])c(C)cc1OCCCC(C)(C)C(=O)OCC(C)C. The van der Waals surface area contributed by atoms with E-state index < -0.39 is 10.3 Å². The lowest BCUT2D eigenvalue weighted by Gasteiger charge is -2.23. The van der Waals surface area contributed by atoms with Gasteiger partial charge in [-0.25, -0.2) is 0 Å². The van der Waals surface area contributed by atoms with Crippen LogP contribution in [0, 0.1) is 35.3 Å². The van der Waals surface area contributed by atoms with E-state index in [0.717, 1.165) is 5.56 Å². The summed E-state index contributed by atoms with van der Waals surface area (Å²) in [5, 5.41) is 10.9. The monoisotopic (exact) mass is 351 g/mol. The molecule has 0 aromatic heterocycles. The molecule has 6 heteroatoms. The number of esters is 1. The van der Waals surface area contributed by atoms with Crippen molar-refractivity contribution < 1.29 is 19.2 Å². The number of hydrogen-bond acceptors (Lipinski definition) is 5. The molecule has 1 rings (SSSR count). The number of nitrogens with zero attached hydrogens (tertiary/aromatic N) is 1. The van der Waals surface area contributed by atoms with Gasteiger partial charge in [0.2, 0.25) is 0 Å². The normalized spacial score (nSPS) is 11.5. The van der Waals surface area contributed by atoms with E-state index in [1.54, 1.807) is 19.9 Å². The van der Waals surface area contributed by atoms with Crippen molar-refractivity contribution in [2.75, 3.05) is 13.2 Å². The first kappa shape index (κ1) is 20.9. The second kappa shape index (κ2) is 8.83. The van der Waals surface area contributed by atoms with E-state index in [1.165, 1.54) is 6.07 Å². The lowest BCUT2D eigenvalue weighted by molar-refractivity contribution is -0.385. The lowest BCUT2D eigenvalue weighted by atomic mass is 9.88. The van der Waals surface area contributed by atoms with Crippen molar-refractivity contribution in [3.05, 3.63) is 33.4 Å². The van der Waals surface area contributed by atoms with E-state index in [-0.39, 0.29) is 11.7 Å². The highest BCUT2D eigenvalue weighted by Gasteiger charge is 2.29. The zero-order valence-electron chi connectivity index (χ0n) is 16.0. The van der Waals surface area contributed by atoms with Crippen LogP contribution in [-0.2, 0) is 9.53 Å². The van der Waals surface area contributed by atoms with Crippen molar-refractivity contribution in [2.24, 2.45) is 11.3 Å². The van der Waals surface area contributed by atoms with Gasteiger partial charge in [0.25, 0.3) is 5.69 Å². The number of benzene rings is 1. The number of rotatable bonds is 9. The predicted octanol–water partition coefficient (Wildman–Crippen LogP) is 4.60. The molecule has 0 amide bonds. The van der Waals surface area contributed by atoms with E-state index in [0.29, 0.717) is 43.3 Å². The molecular weight excluding hydrogens is 322 g/mol. The summed E-state index contributed by atoms with van der Waals surface area (Å²) in [5.74, 6) is 0.767. The Hall–Kier alpha value is -2.11. The van der Waals surface area contributed by atoms with E-state index in [1.807, 2.05) is 27.7 Å². The highest BCUT2D eigenvalue weighted by atomic mass is 16.6. The highest BCUT2D eigenvalue weighted by molar-refractivity contribution is 5.75. The fourth-order valence-electron chi connectivity index (χ4n) is 2.36. The topological polar surface area (TPSA) is 78.7 Å². The third-order valence-corrected chi connectivity index (χ3v) is 3.99. The van der Waals surface area contributed by atoms with Gasteiger partial charge in [0.05, 0.1) is 23.6 Å². The molecule has 1 aromatic carbocycles. The third kappa shape index (κ3) is 6.36. The fourth-order valence-corrected chi connectivity index (χ4v) is 2.36. The number of carbonyl (C=O) groups excluding carboxylic acids is 1. The first-order valence-electron chi connectivity index (χ1n) is 8.60. The van der Waals surface area contributed by atoms with Gasteiger partial charge in [-0.2, -0.15) is 0 Å². The maximum Gasteiger partial charge on any atom is 0.311 e. The molecule has 0 radical (unpaired) electrons. The third-order valence-electron chi connectivity index (χ3n) is 3.99. The van der Waals surface area contributed by atoms with E-state index in [4.69, 9.17) is 9.47 Å². The molecule has 0 spiro atoms. The summed E-state index contributed by atoms with van der Waals surface area (Å²) in [6, 6.07) is 3.22. The van der Waals surface area contributed by atoms with Gasteiger partial charge >= 0.3 is 5.97 Å². The largest absolute Gasteiger partial charge is 0.493 e. The number of nitro benzene ring substituents is 1. The summed E-state index contributed by atoms with van der Waals surface area (Å²) in [6.07, 6.45) is 1.34. The van der Waals surface area contributed by atoms with Gasteiger partial charge in [-0.3, -0.25) is 14.9 Å². The maximum absolute atomic E-state index is 12.1. The van der Waals surface area contributed by atoms with Crippen LogP contribution in [0.1, 0.15) is 51.7 Å². The maximum atomic E-state index is 12.1. The van der Waals surface area contributed by atoms with Crippen molar-refractivity contribution in [3.63, 3.8) is 0 Å². The average Bonchev–Trinajstić information content (AvgIpc) is 2.51. The molecule has 0 N–H and O–H groups in total. The van der Waals surface area contributed by atoms with Gasteiger partial charge in [-0.05, 0) is 58.1 Å². The molecule has 1 aromatic rings. The fraction of sp³-hybridized carbons (Fsp3) is 0.632. The molecule has 0 bridgehead atoms. The molecule has 0 aliphatic carbocycles. The van der Waals surface area contributed by atoms with Crippen molar-refractivity contribution in [1.82, 2.24) is 0 Å². The molecule has 0 saturated heterocycles. The van der Waals surface area contributed by atoms with E-state index in [9.17, 15) is 14.9 Å². The van der Waals surface area contributed by atoms with Crippen LogP contribution < -0.4 is 4.74 Å². The molecule has 0 aliphatic rings. The van der Waals surface area contributed by atoms with Crippen LogP contribution in [-0.4, -0.2) is 24.1 Å². The number of aryl methyl sites for hydroxylation is 2. The molecule has 0 heterocycles. The molecule has 6 nitrogen and oxygen atoms in total. The minimum absolute atomic E-state index is 0.0962. The summed E-state index contributed by atoms with van der Waals surface area (Å²) in [6.45, 7) is 12.1. The Kier molecular flexibility index (Phi) is 7.39. The molecule has 25 heavy (non-hydrogen) atoms. The van der Waals surface area contributed by atoms with Crippen LogP contribution in [0.3, 0.4) is 0 Å². The molecule has 0 unspecified atom stereocenters. The Labute approximate surface area is 149 Å². The van der Waals surface area contributed by atoms with Crippen molar-refractivity contribution >= 4 is 11.7 Å². The molecule has 0 atom stereocenters. The minimum atomic E-state index is -0.557. The smallest absolute Gasteiger partial charge is 0.311 e. The zero-order valence-corrected chi connectivity index (χ0v) is 16.0. The summed E-state index contributed by atoms with van der Waals surface area (Å²) in [4.78, 5) is 22.7. The standard InChI is InChI=1S/C19H29NO5/c1-13(2)12-25-18(21)19(5,6)8-7-9-24-17-11-14(3)16(20(22)23)10-15(17)4/h10-11,13H,7-9,12H2,1-6H3. The second-order valence-electron chi connectivity index (χ2n) is 7.49. The highest BCUT2D eigenvalue weighted by Crippen LogP contribution is 2.29. The van der Waals surface area contributed by atoms with Gasteiger partial charge < -0.3 is 9.47 Å². The van der Waals surface area contributed by atoms with Gasteiger partial charge in [0.15, 0.2) is 0 Å². The van der Waals surface area contributed by atoms with Crippen molar-refractivity contribution in [2.45, 2.75) is 54.4 Å². The molecule has 140 valence electrons. The van der Waals surface area contributed by atoms with Crippen LogP contribution in [0.15, 0.2) is 12.1 Å². The Morgan fingerprint density at radius 1 is 1.24 bits per heavy atom. The number of hydrogen-bond donors (Lipinski definition) is 0. The van der Waals surface area contributed by atoms with Crippen molar-refractivity contribution in [1.29, 1.82) is 0 Å². The van der Waals surface area contributed by atoms with Gasteiger partial charge in [-0.15, -0.1) is 0 Å². The molecule has 0 aliphatic heterocycles. The van der Waals surface area contributed by atoms with Gasteiger partial charge in [0, 0.05) is 11.6 Å². The summed E-state index contributed by atoms with van der Waals surface area (Å²) in [5.41, 5.74) is 0.841. The molecule has 0 fully saturated rings. The average molecular weight is 351 g/mol. The van der Waals surface area contributed by atoms with Crippen molar-refractivity contribution in [3.8, 4) is 5.75 Å². The Balaban J connectivity index is 2.54. The van der Waals surface area contributed by atoms with E-state index in [2.05, 4.69) is 0 Å². The number of ether oxygens (including phenoxy) is 2. The first-order chi connectivity index (χ1) is 11.5.